The quantitative estimate of drug-likeness (QED) is 0.600. The Kier molecular flexibility index (Phi) is 5.24. The molecule has 3 heteroatoms. The highest BCUT2D eigenvalue weighted by Gasteiger charge is 2.20. The predicted octanol–water partition coefficient (Wildman–Crippen LogP) is 4.73. The maximum Gasteiger partial charge on any atom is 0.185 e. The lowest BCUT2D eigenvalue weighted by molar-refractivity contribution is -0.112. The van der Waals surface area contributed by atoms with Crippen LogP contribution >= 0.6 is 0 Å². The molecule has 1 fully saturated rings. The van der Waals surface area contributed by atoms with Gasteiger partial charge in [0.1, 0.15) is 12.0 Å². The lowest BCUT2D eigenvalue weighted by atomic mass is 9.86. The Morgan fingerprint density at radius 2 is 1.52 bits per heavy atom. The van der Waals surface area contributed by atoms with Crippen molar-refractivity contribution in [2.24, 2.45) is 0 Å². The van der Waals surface area contributed by atoms with Gasteiger partial charge in [0.2, 0.25) is 0 Å². The minimum absolute atomic E-state index is 0.0959. The van der Waals surface area contributed by atoms with Gasteiger partial charge in [-0.05, 0) is 60.7 Å². The smallest absolute Gasteiger partial charge is 0.185 e. The Hall–Kier alpha value is -2.94. The zero-order chi connectivity index (χ0) is 17.6. The molecular weight excluding hydrogens is 312 g/mol. The van der Waals surface area contributed by atoms with Gasteiger partial charge in [0.15, 0.2) is 5.78 Å². The van der Waals surface area contributed by atoms with Gasteiger partial charge in [-0.2, -0.15) is 0 Å². The number of Topliss-reactive ketones (excluding diaryl/α,β-unsaturated/α-hetero) is 1. The number of carbonyl (C=O) groups is 2. The van der Waals surface area contributed by atoms with Crippen molar-refractivity contribution in [3.63, 3.8) is 0 Å². The first-order valence-electron chi connectivity index (χ1n) is 8.35. The molecule has 1 aliphatic carbocycles. The van der Waals surface area contributed by atoms with Gasteiger partial charge in [0.05, 0.1) is 7.11 Å². The van der Waals surface area contributed by atoms with Crippen LogP contribution in [0.2, 0.25) is 0 Å². The Bertz CT molecular complexity index is 842. The summed E-state index contributed by atoms with van der Waals surface area (Å²) < 4.78 is 5.16. The molecule has 0 spiro atoms. The molecule has 0 bridgehead atoms. The van der Waals surface area contributed by atoms with Crippen molar-refractivity contribution in [2.45, 2.75) is 19.3 Å². The molecule has 3 nitrogen and oxygen atoms in total. The van der Waals surface area contributed by atoms with Gasteiger partial charge in [-0.25, -0.2) is 0 Å². The van der Waals surface area contributed by atoms with E-state index in [-0.39, 0.29) is 5.78 Å². The maximum absolute atomic E-state index is 12.8. The van der Waals surface area contributed by atoms with E-state index in [1.807, 2.05) is 48.6 Å². The number of carbonyl (C=O) groups excluding carboxylic acids is 2. The Morgan fingerprint density at radius 1 is 0.880 bits per heavy atom. The molecule has 0 radical (unpaired) electrons. The summed E-state index contributed by atoms with van der Waals surface area (Å²) in [6.07, 6.45) is 7.18. The van der Waals surface area contributed by atoms with E-state index in [9.17, 15) is 9.59 Å². The summed E-state index contributed by atoms with van der Waals surface area (Å²) >= 11 is 0. The van der Waals surface area contributed by atoms with Crippen LogP contribution in [0.4, 0.5) is 0 Å². The summed E-state index contributed by atoms with van der Waals surface area (Å²) in [6.45, 7) is 0. The highest BCUT2D eigenvalue weighted by molar-refractivity contribution is 6.14. The summed E-state index contributed by atoms with van der Waals surface area (Å²) in [5, 5.41) is 0. The Labute approximate surface area is 147 Å². The fourth-order valence-corrected chi connectivity index (χ4v) is 3.00. The van der Waals surface area contributed by atoms with Crippen molar-refractivity contribution < 1.29 is 14.3 Å². The second kappa shape index (κ2) is 7.75. The lowest BCUT2D eigenvalue weighted by Crippen LogP contribution is -2.12. The normalized spacial score (nSPS) is 17.7. The van der Waals surface area contributed by atoms with Crippen molar-refractivity contribution in [2.75, 3.05) is 7.11 Å². The van der Waals surface area contributed by atoms with Crippen LogP contribution in [0.3, 0.4) is 0 Å². The van der Waals surface area contributed by atoms with Crippen LogP contribution in [0.15, 0.2) is 59.7 Å². The van der Waals surface area contributed by atoms with Gasteiger partial charge >= 0.3 is 0 Å². The van der Waals surface area contributed by atoms with E-state index in [1.54, 1.807) is 19.2 Å². The second-order valence-corrected chi connectivity index (χ2v) is 6.08. The standard InChI is InChI=1S/C22H20O3/c1-25-21-10-8-16(9-11-21)13-19-6-3-7-20(22(19)24)14-17-4-2-5-18(12-17)15-23/h2,4-5,8-15H,3,6-7H2,1H3/b19-13+,20-14+. The fourth-order valence-electron chi connectivity index (χ4n) is 3.00. The number of methoxy groups -OCH3 is 1. The van der Waals surface area contributed by atoms with Crippen LogP contribution in [-0.2, 0) is 4.79 Å². The number of rotatable bonds is 4. The van der Waals surface area contributed by atoms with Gasteiger partial charge in [-0.1, -0.05) is 30.3 Å². The molecule has 0 atom stereocenters. The molecule has 0 aliphatic heterocycles. The second-order valence-electron chi connectivity index (χ2n) is 6.08. The fraction of sp³-hybridized carbons (Fsp3) is 0.182. The number of benzene rings is 2. The third-order valence-electron chi connectivity index (χ3n) is 4.32. The monoisotopic (exact) mass is 332 g/mol. The molecule has 0 saturated heterocycles. The largest absolute Gasteiger partial charge is 0.497 e. The van der Waals surface area contributed by atoms with Gasteiger partial charge in [0, 0.05) is 16.7 Å². The van der Waals surface area contributed by atoms with Crippen LogP contribution < -0.4 is 4.74 Å². The van der Waals surface area contributed by atoms with Crippen LogP contribution in [-0.4, -0.2) is 19.2 Å². The average Bonchev–Trinajstić information content (AvgIpc) is 2.66. The number of hydrogen-bond acceptors (Lipinski definition) is 3. The molecule has 0 amide bonds. The molecule has 3 rings (SSSR count). The molecule has 1 aliphatic rings. The van der Waals surface area contributed by atoms with E-state index in [4.69, 9.17) is 4.74 Å². The highest BCUT2D eigenvalue weighted by Crippen LogP contribution is 2.28. The van der Waals surface area contributed by atoms with Crippen molar-refractivity contribution in [1.82, 2.24) is 0 Å². The van der Waals surface area contributed by atoms with Crippen LogP contribution in [0, 0.1) is 0 Å². The molecular formula is C22H20O3. The molecule has 0 heterocycles. The first-order chi connectivity index (χ1) is 12.2. The summed E-state index contributed by atoms with van der Waals surface area (Å²) in [7, 11) is 1.63. The number of hydrogen-bond donors (Lipinski definition) is 0. The van der Waals surface area contributed by atoms with E-state index < -0.39 is 0 Å². The topological polar surface area (TPSA) is 43.4 Å². The van der Waals surface area contributed by atoms with E-state index in [2.05, 4.69) is 0 Å². The zero-order valence-electron chi connectivity index (χ0n) is 14.2. The molecule has 1 saturated carbocycles. The third kappa shape index (κ3) is 4.13. The summed E-state index contributed by atoms with van der Waals surface area (Å²) in [6, 6.07) is 15.0. The first kappa shape index (κ1) is 16.9. The molecule has 0 N–H and O–H groups in total. The minimum atomic E-state index is 0.0959. The van der Waals surface area contributed by atoms with Crippen molar-refractivity contribution in [3.05, 3.63) is 76.4 Å². The molecule has 2 aromatic rings. The van der Waals surface area contributed by atoms with E-state index in [0.29, 0.717) is 5.56 Å². The number of ketones is 1. The Balaban J connectivity index is 1.85. The minimum Gasteiger partial charge on any atom is -0.497 e. The molecule has 0 aromatic heterocycles. The molecule has 25 heavy (non-hydrogen) atoms. The van der Waals surface area contributed by atoms with E-state index >= 15 is 0 Å². The van der Waals surface area contributed by atoms with E-state index in [0.717, 1.165) is 53.6 Å². The summed E-state index contributed by atoms with van der Waals surface area (Å²) in [4.78, 5) is 23.7. The van der Waals surface area contributed by atoms with Crippen LogP contribution in [0.5, 0.6) is 5.75 Å². The van der Waals surface area contributed by atoms with Gasteiger partial charge in [-0.3, -0.25) is 9.59 Å². The van der Waals surface area contributed by atoms with Gasteiger partial charge in [-0.15, -0.1) is 0 Å². The highest BCUT2D eigenvalue weighted by atomic mass is 16.5. The molecule has 0 unspecified atom stereocenters. The van der Waals surface area contributed by atoms with Gasteiger partial charge in [0.25, 0.3) is 0 Å². The summed E-state index contributed by atoms with van der Waals surface area (Å²) in [5.74, 6) is 0.895. The molecule has 2 aromatic carbocycles. The zero-order valence-corrected chi connectivity index (χ0v) is 14.2. The Morgan fingerprint density at radius 3 is 2.16 bits per heavy atom. The summed E-state index contributed by atoms with van der Waals surface area (Å²) in [5.41, 5.74) is 4.13. The number of aldehydes is 1. The molecule has 126 valence electrons. The lowest BCUT2D eigenvalue weighted by Gasteiger charge is -2.16. The van der Waals surface area contributed by atoms with Gasteiger partial charge < -0.3 is 4.74 Å². The van der Waals surface area contributed by atoms with Crippen molar-refractivity contribution in [1.29, 1.82) is 0 Å². The van der Waals surface area contributed by atoms with E-state index in [1.165, 1.54) is 0 Å². The van der Waals surface area contributed by atoms with Crippen molar-refractivity contribution >= 4 is 24.2 Å². The first-order valence-corrected chi connectivity index (χ1v) is 8.35. The maximum atomic E-state index is 12.8. The average molecular weight is 332 g/mol. The number of allylic oxidation sites excluding steroid dienone is 2. The predicted molar refractivity (Wildman–Crippen MR) is 99.6 cm³/mol. The SMILES string of the molecule is COc1ccc(/C=C2\CCC/C(=C\c3cccc(C=O)c3)C2=O)cc1. The third-order valence-corrected chi connectivity index (χ3v) is 4.32. The number of ether oxygens (including phenoxy) is 1. The van der Waals surface area contributed by atoms with Crippen LogP contribution in [0.1, 0.15) is 40.7 Å². The van der Waals surface area contributed by atoms with Crippen molar-refractivity contribution in [3.8, 4) is 5.75 Å². The van der Waals surface area contributed by atoms with Crippen LogP contribution in [0.25, 0.3) is 12.2 Å².